The molecule has 0 amide bonds. The Hall–Kier alpha value is -2.81. The maximum atomic E-state index is 12.8. The van der Waals surface area contributed by atoms with Gasteiger partial charge >= 0.3 is 11.7 Å². The third kappa shape index (κ3) is 3.62. The van der Waals surface area contributed by atoms with Gasteiger partial charge in [-0.05, 0) is 18.4 Å². The maximum absolute atomic E-state index is 12.8. The molecular formula is C19H22N4O4S. The Bertz CT molecular complexity index is 1130. The van der Waals surface area contributed by atoms with E-state index in [-0.39, 0.29) is 5.65 Å². The van der Waals surface area contributed by atoms with Gasteiger partial charge < -0.3 is 9.67 Å². The van der Waals surface area contributed by atoms with Crippen molar-refractivity contribution in [3.8, 4) is 0 Å². The first-order chi connectivity index (χ1) is 13.3. The minimum Gasteiger partial charge on any atom is -0.480 e. The topological polar surface area (TPSA) is 99.1 Å². The first-order valence-corrected chi connectivity index (χ1v) is 9.82. The number of carboxylic acid groups (broad SMARTS) is 1. The first-order valence-electron chi connectivity index (χ1n) is 8.94. The zero-order valence-corrected chi connectivity index (χ0v) is 16.8. The van der Waals surface area contributed by atoms with Crippen LogP contribution in [-0.4, -0.2) is 35.0 Å². The largest absolute Gasteiger partial charge is 0.480 e. The monoisotopic (exact) mass is 402 g/mol. The highest BCUT2D eigenvalue weighted by atomic mass is 32.2. The number of nitrogens with zero attached hydrogens (tertiary/aromatic N) is 4. The fourth-order valence-corrected chi connectivity index (χ4v) is 4.02. The number of aryl methyl sites for hydroxylation is 3. The smallest absolute Gasteiger partial charge is 0.332 e. The summed E-state index contributed by atoms with van der Waals surface area (Å²) >= 11 is 1.10. The summed E-state index contributed by atoms with van der Waals surface area (Å²) < 4.78 is 4.11. The maximum Gasteiger partial charge on any atom is 0.332 e. The molecule has 0 radical (unpaired) electrons. The summed E-state index contributed by atoms with van der Waals surface area (Å²) in [5.74, 6) is -0.934. The van der Waals surface area contributed by atoms with Gasteiger partial charge in [0.2, 0.25) is 0 Å². The Balaban J connectivity index is 2.16. The van der Waals surface area contributed by atoms with E-state index >= 15 is 0 Å². The average molecular weight is 402 g/mol. The number of thioether (sulfide) groups is 1. The van der Waals surface area contributed by atoms with E-state index in [0.29, 0.717) is 30.1 Å². The summed E-state index contributed by atoms with van der Waals surface area (Å²) in [5.41, 5.74) is 0.764. The fraction of sp³-hybridized carbons (Fsp3) is 0.368. The summed E-state index contributed by atoms with van der Waals surface area (Å²) in [5, 5.41) is 9.17. The summed E-state index contributed by atoms with van der Waals surface area (Å²) in [6.45, 7) is 2.24. The Morgan fingerprint density at radius 1 is 1.18 bits per heavy atom. The van der Waals surface area contributed by atoms with Crippen LogP contribution in [0, 0.1) is 0 Å². The molecule has 148 valence electrons. The van der Waals surface area contributed by atoms with Crippen LogP contribution in [-0.2, 0) is 31.9 Å². The molecule has 1 atom stereocenters. The standard InChI is InChI=1S/C19H22N4O4S/c1-4-13(17(25)26)28-18-20-15-14(16(24)22(3)19(27)21(15)2)23(18)11-10-12-8-6-5-7-9-12/h5-9,13H,4,10-11H2,1-3H3,(H,25,26)/t13-/m1/s1. The quantitative estimate of drug-likeness (QED) is 0.603. The summed E-state index contributed by atoms with van der Waals surface area (Å²) in [7, 11) is 2.99. The second-order valence-corrected chi connectivity index (χ2v) is 7.68. The van der Waals surface area contributed by atoms with E-state index in [0.717, 1.165) is 21.9 Å². The molecule has 8 nitrogen and oxygen atoms in total. The lowest BCUT2D eigenvalue weighted by atomic mass is 10.1. The Kier molecular flexibility index (Phi) is 5.73. The van der Waals surface area contributed by atoms with Crippen LogP contribution in [0.2, 0.25) is 0 Å². The normalized spacial score (nSPS) is 12.4. The number of fused-ring (bicyclic) bond motifs is 1. The predicted molar refractivity (Wildman–Crippen MR) is 108 cm³/mol. The predicted octanol–water partition coefficient (Wildman–Crippen LogP) is 1.63. The van der Waals surface area contributed by atoms with Crippen molar-refractivity contribution in [1.82, 2.24) is 18.7 Å². The molecule has 0 saturated heterocycles. The average Bonchev–Trinajstić information content (AvgIpc) is 3.06. The molecule has 0 fully saturated rings. The van der Waals surface area contributed by atoms with Crippen LogP contribution < -0.4 is 11.2 Å². The highest BCUT2D eigenvalue weighted by molar-refractivity contribution is 8.00. The molecule has 0 spiro atoms. The molecule has 0 aliphatic rings. The number of hydrogen-bond donors (Lipinski definition) is 1. The number of carboxylic acids is 1. The third-order valence-corrected chi connectivity index (χ3v) is 6.02. The molecule has 0 aliphatic carbocycles. The van der Waals surface area contributed by atoms with Gasteiger partial charge in [-0.3, -0.25) is 18.7 Å². The molecule has 0 unspecified atom stereocenters. The summed E-state index contributed by atoms with van der Waals surface area (Å²) in [4.78, 5) is 41.0. The van der Waals surface area contributed by atoms with Gasteiger partial charge in [0.25, 0.3) is 5.56 Å². The van der Waals surface area contributed by atoms with E-state index in [2.05, 4.69) is 4.98 Å². The van der Waals surface area contributed by atoms with Crippen LogP contribution >= 0.6 is 11.8 Å². The van der Waals surface area contributed by atoms with Crippen LogP contribution in [0.15, 0.2) is 45.1 Å². The molecule has 0 aliphatic heterocycles. The molecule has 3 rings (SSSR count). The van der Waals surface area contributed by atoms with Crippen molar-refractivity contribution in [3.63, 3.8) is 0 Å². The van der Waals surface area contributed by atoms with Gasteiger partial charge in [0, 0.05) is 20.6 Å². The number of rotatable bonds is 7. The first kappa shape index (κ1) is 19.9. The number of aromatic nitrogens is 4. The lowest BCUT2D eigenvalue weighted by molar-refractivity contribution is -0.136. The second-order valence-electron chi connectivity index (χ2n) is 6.51. The molecule has 28 heavy (non-hydrogen) atoms. The molecule has 1 aromatic carbocycles. The van der Waals surface area contributed by atoms with E-state index < -0.39 is 22.5 Å². The lowest BCUT2D eigenvalue weighted by Gasteiger charge is -2.12. The zero-order chi connectivity index (χ0) is 20.4. The van der Waals surface area contributed by atoms with E-state index in [9.17, 15) is 19.5 Å². The molecule has 2 heterocycles. The Labute approximate surface area is 165 Å². The Morgan fingerprint density at radius 2 is 1.86 bits per heavy atom. The van der Waals surface area contributed by atoms with Gasteiger partial charge in [-0.25, -0.2) is 9.78 Å². The van der Waals surface area contributed by atoms with E-state index in [1.54, 1.807) is 18.5 Å². The minimum absolute atomic E-state index is 0.268. The third-order valence-electron chi connectivity index (χ3n) is 4.67. The molecule has 2 aromatic heterocycles. The number of imidazole rings is 1. The van der Waals surface area contributed by atoms with Crippen molar-refractivity contribution in [2.75, 3.05) is 0 Å². The van der Waals surface area contributed by atoms with E-state index in [4.69, 9.17) is 0 Å². The second kappa shape index (κ2) is 8.05. The van der Waals surface area contributed by atoms with Crippen molar-refractivity contribution >= 4 is 28.9 Å². The summed E-state index contributed by atoms with van der Waals surface area (Å²) in [6.07, 6.45) is 1.06. The highest BCUT2D eigenvalue weighted by Gasteiger charge is 2.24. The van der Waals surface area contributed by atoms with Crippen LogP contribution in [0.3, 0.4) is 0 Å². The summed E-state index contributed by atoms with van der Waals surface area (Å²) in [6, 6.07) is 9.80. The van der Waals surface area contributed by atoms with Gasteiger partial charge in [0.05, 0.1) is 0 Å². The number of aliphatic carboxylic acids is 1. The molecule has 0 saturated carbocycles. The number of hydrogen-bond acceptors (Lipinski definition) is 5. The van der Waals surface area contributed by atoms with Crippen molar-refractivity contribution in [3.05, 3.63) is 56.7 Å². The highest BCUT2D eigenvalue weighted by Crippen LogP contribution is 2.27. The Morgan fingerprint density at radius 3 is 2.46 bits per heavy atom. The minimum atomic E-state index is -0.934. The van der Waals surface area contributed by atoms with Gasteiger partial charge in [0.15, 0.2) is 16.3 Å². The number of benzene rings is 1. The molecule has 1 N–H and O–H groups in total. The van der Waals surface area contributed by atoms with Gasteiger partial charge in [-0.2, -0.15) is 0 Å². The molecule has 3 aromatic rings. The molecule has 9 heteroatoms. The van der Waals surface area contributed by atoms with Crippen molar-refractivity contribution in [2.24, 2.45) is 14.1 Å². The molecule has 0 bridgehead atoms. The number of carbonyl (C=O) groups is 1. The van der Waals surface area contributed by atoms with Crippen LogP contribution in [0.25, 0.3) is 11.2 Å². The van der Waals surface area contributed by atoms with Crippen LogP contribution in [0.5, 0.6) is 0 Å². The van der Waals surface area contributed by atoms with Crippen LogP contribution in [0.1, 0.15) is 18.9 Å². The molecular weight excluding hydrogens is 380 g/mol. The van der Waals surface area contributed by atoms with Crippen molar-refractivity contribution in [1.29, 1.82) is 0 Å². The van der Waals surface area contributed by atoms with Crippen molar-refractivity contribution < 1.29 is 9.90 Å². The van der Waals surface area contributed by atoms with E-state index in [1.807, 2.05) is 30.3 Å². The lowest BCUT2D eigenvalue weighted by Crippen LogP contribution is -2.37. The van der Waals surface area contributed by atoms with Crippen LogP contribution in [0.4, 0.5) is 0 Å². The SMILES string of the molecule is CC[C@@H](Sc1nc2c(c(=O)n(C)c(=O)n2C)n1CCc1ccccc1)C(=O)O. The van der Waals surface area contributed by atoms with Gasteiger partial charge in [-0.15, -0.1) is 0 Å². The van der Waals surface area contributed by atoms with Crippen molar-refractivity contribution in [2.45, 2.75) is 36.7 Å². The van der Waals surface area contributed by atoms with Gasteiger partial charge in [-0.1, -0.05) is 49.0 Å². The fourth-order valence-electron chi connectivity index (χ4n) is 3.05. The van der Waals surface area contributed by atoms with E-state index in [1.165, 1.54) is 11.6 Å². The zero-order valence-electron chi connectivity index (χ0n) is 16.0. The van der Waals surface area contributed by atoms with Gasteiger partial charge in [0.1, 0.15) is 5.25 Å².